The van der Waals surface area contributed by atoms with Crippen molar-refractivity contribution >= 4 is 0 Å². The van der Waals surface area contributed by atoms with Gasteiger partial charge in [-0.3, -0.25) is 4.98 Å². The maximum absolute atomic E-state index is 9.42. The molecule has 0 aliphatic rings. The first-order valence-corrected chi connectivity index (χ1v) is 6.10. The minimum Gasteiger partial charge on any atom is -0.394 e. The van der Waals surface area contributed by atoms with E-state index in [1.807, 2.05) is 55.6 Å². The lowest BCUT2D eigenvalue weighted by atomic mass is 10.1. The summed E-state index contributed by atoms with van der Waals surface area (Å²) in [6.07, 6.45) is 1.85. The van der Waals surface area contributed by atoms with Crippen LogP contribution in [0.15, 0.2) is 48.7 Å². The van der Waals surface area contributed by atoms with E-state index in [0.29, 0.717) is 6.54 Å². The molecule has 1 aromatic carbocycles. The van der Waals surface area contributed by atoms with E-state index in [-0.39, 0.29) is 12.6 Å². The molecule has 3 nitrogen and oxygen atoms in total. The van der Waals surface area contributed by atoms with Crippen molar-refractivity contribution < 1.29 is 5.11 Å². The molecule has 0 aliphatic carbocycles. The number of aromatic nitrogens is 1. The van der Waals surface area contributed by atoms with Crippen molar-refractivity contribution in [3.63, 3.8) is 0 Å². The van der Waals surface area contributed by atoms with E-state index in [4.69, 9.17) is 0 Å². The van der Waals surface area contributed by atoms with Crippen molar-refractivity contribution in [3.05, 3.63) is 65.5 Å². The molecule has 0 saturated carbocycles. The maximum Gasteiger partial charge on any atom is 0.0626 e. The van der Waals surface area contributed by atoms with Gasteiger partial charge in [0.1, 0.15) is 0 Å². The highest BCUT2D eigenvalue weighted by Crippen LogP contribution is 2.12. The second-order valence-corrected chi connectivity index (χ2v) is 4.35. The first kappa shape index (κ1) is 12.7. The van der Waals surface area contributed by atoms with Gasteiger partial charge >= 0.3 is 0 Å². The third kappa shape index (κ3) is 3.39. The van der Waals surface area contributed by atoms with Gasteiger partial charge in [0.05, 0.1) is 18.3 Å². The third-order valence-corrected chi connectivity index (χ3v) is 2.89. The average Bonchev–Trinajstić information content (AvgIpc) is 2.43. The summed E-state index contributed by atoms with van der Waals surface area (Å²) >= 11 is 0. The van der Waals surface area contributed by atoms with E-state index >= 15 is 0 Å². The largest absolute Gasteiger partial charge is 0.394 e. The molecule has 2 rings (SSSR count). The number of aryl methyl sites for hydroxylation is 1. The molecule has 18 heavy (non-hydrogen) atoms. The molecule has 0 amide bonds. The second kappa shape index (κ2) is 6.28. The van der Waals surface area contributed by atoms with Crippen LogP contribution in [0.3, 0.4) is 0 Å². The highest BCUT2D eigenvalue weighted by molar-refractivity contribution is 5.19. The molecule has 1 aromatic heterocycles. The van der Waals surface area contributed by atoms with Crippen LogP contribution in [0, 0.1) is 6.92 Å². The Kier molecular flexibility index (Phi) is 4.45. The highest BCUT2D eigenvalue weighted by Gasteiger charge is 2.08. The summed E-state index contributed by atoms with van der Waals surface area (Å²) in [5.74, 6) is 0. The topological polar surface area (TPSA) is 45.1 Å². The molecule has 0 fully saturated rings. The molecule has 0 saturated heterocycles. The van der Waals surface area contributed by atoms with E-state index in [1.54, 1.807) is 0 Å². The van der Waals surface area contributed by atoms with Crippen LogP contribution in [0.4, 0.5) is 0 Å². The fourth-order valence-electron chi connectivity index (χ4n) is 1.80. The van der Waals surface area contributed by atoms with E-state index in [2.05, 4.69) is 10.3 Å². The van der Waals surface area contributed by atoms with Crippen LogP contribution in [0.5, 0.6) is 0 Å². The summed E-state index contributed by atoms with van der Waals surface area (Å²) in [4.78, 5) is 4.33. The number of nitrogens with one attached hydrogen (secondary N) is 1. The molecule has 2 N–H and O–H groups in total. The zero-order valence-corrected chi connectivity index (χ0v) is 10.5. The molecular formula is C15H18N2O. The Morgan fingerprint density at radius 1 is 1.17 bits per heavy atom. The van der Waals surface area contributed by atoms with Crippen molar-refractivity contribution in [2.45, 2.75) is 19.5 Å². The van der Waals surface area contributed by atoms with Gasteiger partial charge < -0.3 is 10.4 Å². The predicted molar refractivity (Wildman–Crippen MR) is 72.1 cm³/mol. The van der Waals surface area contributed by atoms with E-state index in [0.717, 1.165) is 16.8 Å². The Morgan fingerprint density at radius 2 is 1.94 bits per heavy atom. The molecule has 0 aliphatic heterocycles. The monoisotopic (exact) mass is 242 g/mol. The van der Waals surface area contributed by atoms with Gasteiger partial charge in [0.15, 0.2) is 0 Å². The molecule has 0 radical (unpaired) electrons. The first-order valence-electron chi connectivity index (χ1n) is 6.10. The SMILES string of the molecule is Cc1ccc(CN[C@H](CO)c2ccccc2)nc1. The van der Waals surface area contributed by atoms with Gasteiger partial charge in [-0.1, -0.05) is 36.4 Å². The molecular weight excluding hydrogens is 224 g/mol. The number of nitrogens with zero attached hydrogens (tertiary/aromatic N) is 1. The van der Waals surface area contributed by atoms with Crippen molar-refractivity contribution in [1.82, 2.24) is 10.3 Å². The second-order valence-electron chi connectivity index (χ2n) is 4.35. The lowest BCUT2D eigenvalue weighted by Crippen LogP contribution is -2.24. The van der Waals surface area contributed by atoms with Crippen LogP contribution in [0.25, 0.3) is 0 Å². The van der Waals surface area contributed by atoms with Crippen LogP contribution in [0.1, 0.15) is 22.9 Å². The van der Waals surface area contributed by atoms with Crippen molar-refractivity contribution in [1.29, 1.82) is 0 Å². The smallest absolute Gasteiger partial charge is 0.0626 e. The minimum atomic E-state index is -0.0469. The van der Waals surface area contributed by atoms with Gasteiger partial charge in [-0.2, -0.15) is 0 Å². The molecule has 0 bridgehead atoms. The van der Waals surface area contributed by atoms with Crippen molar-refractivity contribution in [2.24, 2.45) is 0 Å². The molecule has 1 heterocycles. The van der Waals surface area contributed by atoms with E-state index in [1.165, 1.54) is 0 Å². The Labute approximate surface area is 108 Å². The Bertz CT molecular complexity index is 468. The van der Waals surface area contributed by atoms with Crippen LogP contribution in [-0.4, -0.2) is 16.7 Å². The Balaban J connectivity index is 1.97. The third-order valence-electron chi connectivity index (χ3n) is 2.89. The minimum absolute atomic E-state index is 0.0469. The average molecular weight is 242 g/mol. The molecule has 0 spiro atoms. The molecule has 3 heteroatoms. The van der Waals surface area contributed by atoms with Gasteiger partial charge in [-0.15, -0.1) is 0 Å². The lowest BCUT2D eigenvalue weighted by molar-refractivity contribution is 0.243. The van der Waals surface area contributed by atoms with Crippen molar-refractivity contribution in [3.8, 4) is 0 Å². The quantitative estimate of drug-likeness (QED) is 0.845. The summed E-state index contributed by atoms with van der Waals surface area (Å²) in [6, 6.07) is 13.9. The van der Waals surface area contributed by atoms with Gasteiger partial charge in [0.25, 0.3) is 0 Å². The zero-order valence-electron chi connectivity index (χ0n) is 10.5. The summed E-state index contributed by atoms with van der Waals surface area (Å²) in [6.45, 7) is 2.75. The van der Waals surface area contributed by atoms with Crippen LogP contribution < -0.4 is 5.32 Å². The van der Waals surface area contributed by atoms with Crippen LogP contribution in [-0.2, 0) is 6.54 Å². The van der Waals surface area contributed by atoms with Crippen LogP contribution in [0.2, 0.25) is 0 Å². The fourth-order valence-corrected chi connectivity index (χ4v) is 1.80. The predicted octanol–water partition coefficient (Wildman–Crippen LogP) is 2.21. The first-order chi connectivity index (χ1) is 8.79. The summed E-state index contributed by atoms with van der Waals surface area (Å²) in [5.41, 5.74) is 3.22. The van der Waals surface area contributed by atoms with Gasteiger partial charge in [-0.25, -0.2) is 0 Å². The zero-order chi connectivity index (χ0) is 12.8. The Hall–Kier alpha value is -1.71. The number of hydrogen-bond donors (Lipinski definition) is 2. The fraction of sp³-hybridized carbons (Fsp3) is 0.267. The molecule has 94 valence electrons. The highest BCUT2D eigenvalue weighted by atomic mass is 16.3. The van der Waals surface area contributed by atoms with Gasteiger partial charge in [-0.05, 0) is 24.1 Å². The number of hydrogen-bond acceptors (Lipinski definition) is 3. The number of pyridine rings is 1. The van der Waals surface area contributed by atoms with Crippen LogP contribution >= 0.6 is 0 Å². The number of rotatable bonds is 5. The lowest BCUT2D eigenvalue weighted by Gasteiger charge is -2.16. The Morgan fingerprint density at radius 3 is 2.56 bits per heavy atom. The van der Waals surface area contributed by atoms with Gasteiger partial charge in [0, 0.05) is 12.7 Å². The number of benzene rings is 1. The number of aliphatic hydroxyl groups excluding tert-OH is 1. The van der Waals surface area contributed by atoms with E-state index < -0.39 is 0 Å². The van der Waals surface area contributed by atoms with Gasteiger partial charge in [0.2, 0.25) is 0 Å². The standard InChI is InChI=1S/C15H18N2O/c1-12-7-8-14(16-9-12)10-17-15(11-18)13-5-3-2-4-6-13/h2-9,15,17-18H,10-11H2,1H3/t15-/m1/s1. The molecule has 2 aromatic rings. The van der Waals surface area contributed by atoms with E-state index in [9.17, 15) is 5.11 Å². The summed E-state index contributed by atoms with van der Waals surface area (Å²) in [7, 11) is 0. The summed E-state index contributed by atoms with van der Waals surface area (Å²) in [5, 5.41) is 12.7. The normalized spacial score (nSPS) is 12.3. The summed E-state index contributed by atoms with van der Waals surface area (Å²) < 4.78 is 0. The molecule has 1 atom stereocenters. The molecule has 0 unspecified atom stereocenters. The number of aliphatic hydroxyl groups is 1. The van der Waals surface area contributed by atoms with Crippen molar-refractivity contribution in [2.75, 3.05) is 6.61 Å². The maximum atomic E-state index is 9.42.